The third-order valence-electron chi connectivity index (χ3n) is 4.33. The van der Waals surface area contributed by atoms with Gasteiger partial charge >= 0.3 is 5.97 Å². The predicted octanol–water partition coefficient (Wildman–Crippen LogP) is 4.41. The van der Waals surface area contributed by atoms with Crippen molar-refractivity contribution in [2.24, 2.45) is 0 Å². The summed E-state index contributed by atoms with van der Waals surface area (Å²) in [6.07, 6.45) is 0. The zero-order valence-electron chi connectivity index (χ0n) is 14.9. The van der Waals surface area contributed by atoms with Crippen molar-refractivity contribution in [3.8, 4) is 11.4 Å². The number of esters is 1. The van der Waals surface area contributed by atoms with E-state index in [0.717, 1.165) is 16.8 Å². The summed E-state index contributed by atoms with van der Waals surface area (Å²) in [5.41, 5.74) is 3.74. The normalized spacial score (nSPS) is 11.1. The standard InChI is InChI=1S/C20H20ClNO4/c1-12-4-5-14(10-17(12)21)22-13(2)19(20(24)26-9-8-25-3)16-11-15(23)6-7-18(16)22/h4-7,10-11,23H,8-9H2,1-3H3. The fourth-order valence-electron chi connectivity index (χ4n) is 3.01. The number of benzene rings is 2. The lowest BCUT2D eigenvalue weighted by Gasteiger charge is -2.10. The maximum Gasteiger partial charge on any atom is 0.340 e. The average molecular weight is 374 g/mol. The third-order valence-corrected chi connectivity index (χ3v) is 4.73. The number of phenolic OH excluding ortho intramolecular Hbond substituents is 1. The molecule has 5 nitrogen and oxygen atoms in total. The van der Waals surface area contributed by atoms with E-state index in [4.69, 9.17) is 21.1 Å². The van der Waals surface area contributed by atoms with Crippen molar-refractivity contribution in [3.63, 3.8) is 0 Å². The van der Waals surface area contributed by atoms with E-state index in [1.165, 1.54) is 0 Å². The van der Waals surface area contributed by atoms with E-state index in [1.54, 1.807) is 25.3 Å². The molecule has 2 aromatic carbocycles. The monoisotopic (exact) mass is 373 g/mol. The molecule has 0 radical (unpaired) electrons. The van der Waals surface area contributed by atoms with Gasteiger partial charge in [0.25, 0.3) is 0 Å². The van der Waals surface area contributed by atoms with E-state index in [2.05, 4.69) is 0 Å². The molecule has 3 aromatic rings. The van der Waals surface area contributed by atoms with E-state index >= 15 is 0 Å². The molecule has 0 aliphatic carbocycles. The van der Waals surface area contributed by atoms with Crippen molar-refractivity contribution in [1.29, 1.82) is 0 Å². The Kier molecular flexibility index (Phi) is 5.20. The highest BCUT2D eigenvalue weighted by Crippen LogP contribution is 2.33. The van der Waals surface area contributed by atoms with E-state index in [-0.39, 0.29) is 12.4 Å². The van der Waals surface area contributed by atoms with Crippen LogP contribution in [0.4, 0.5) is 0 Å². The highest BCUT2D eigenvalue weighted by molar-refractivity contribution is 6.31. The number of aromatic hydroxyl groups is 1. The van der Waals surface area contributed by atoms with Gasteiger partial charge < -0.3 is 19.1 Å². The van der Waals surface area contributed by atoms with Crippen LogP contribution in [0.15, 0.2) is 36.4 Å². The summed E-state index contributed by atoms with van der Waals surface area (Å²) < 4.78 is 12.2. The Hall–Kier alpha value is -2.50. The van der Waals surface area contributed by atoms with Crippen LogP contribution in [-0.4, -0.2) is 36.0 Å². The summed E-state index contributed by atoms with van der Waals surface area (Å²) in [6, 6.07) is 10.7. The van der Waals surface area contributed by atoms with Crippen molar-refractivity contribution in [3.05, 3.63) is 58.2 Å². The molecule has 0 bridgehead atoms. The van der Waals surface area contributed by atoms with Gasteiger partial charge in [0.1, 0.15) is 12.4 Å². The zero-order chi connectivity index (χ0) is 18.8. The molecule has 0 unspecified atom stereocenters. The van der Waals surface area contributed by atoms with Gasteiger partial charge in [-0.15, -0.1) is 0 Å². The number of halogens is 1. The van der Waals surface area contributed by atoms with E-state index in [0.29, 0.717) is 28.3 Å². The molecule has 0 spiro atoms. The summed E-state index contributed by atoms with van der Waals surface area (Å²) in [5, 5.41) is 11.2. The first-order valence-electron chi connectivity index (χ1n) is 8.20. The summed E-state index contributed by atoms with van der Waals surface area (Å²) in [5.74, 6) is -0.366. The molecule has 0 atom stereocenters. The molecular formula is C20H20ClNO4. The first-order chi connectivity index (χ1) is 12.4. The van der Waals surface area contributed by atoms with Gasteiger partial charge in [-0.05, 0) is 49.7 Å². The van der Waals surface area contributed by atoms with Crippen molar-refractivity contribution in [2.75, 3.05) is 20.3 Å². The molecule has 136 valence electrons. The second kappa shape index (κ2) is 7.40. The number of nitrogens with zero attached hydrogens (tertiary/aromatic N) is 1. The lowest BCUT2D eigenvalue weighted by molar-refractivity contribution is 0.0389. The van der Waals surface area contributed by atoms with Crippen LogP contribution < -0.4 is 0 Å². The minimum Gasteiger partial charge on any atom is -0.508 e. The van der Waals surface area contributed by atoms with Crippen LogP contribution in [0.2, 0.25) is 5.02 Å². The number of hydrogen-bond donors (Lipinski definition) is 1. The smallest absolute Gasteiger partial charge is 0.340 e. The molecule has 1 aromatic heterocycles. The van der Waals surface area contributed by atoms with Gasteiger partial charge in [-0.3, -0.25) is 0 Å². The Morgan fingerprint density at radius 2 is 1.92 bits per heavy atom. The van der Waals surface area contributed by atoms with Crippen LogP contribution in [0.5, 0.6) is 5.75 Å². The van der Waals surface area contributed by atoms with Gasteiger partial charge in [-0.25, -0.2) is 4.79 Å². The summed E-state index contributed by atoms with van der Waals surface area (Å²) in [7, 11) is 1.55. The number of ether oxygens (including phenoxy) is 2. The SMILES string of the molecule is COCCOC(=O)c1c(C)n(-c2ccc(C)c(Cl)c2)c2ccc(O)cc12. The topological polar surface area (TPSA) is 60.7 Å². The Morgan fingerprint density at radius 3 is 2.62 bits per heavy atom. The average Bonchev–Trinajstić information content (AvgIpc) is 2.88. The van der Waals surface area contributed by atoms with Gasteiger partial charge in [-0.2, -0.15) is 0 Å². The fraction of sp³-hybridized carbons (Fsp3) is 0.250. The molecule has 6 heteroatoms. The van der Waals surface area contributed by atoms with Crippen LogP contribution in [0, 0.1) is 13.8 Å². The first kappa shape index (κ1) is 18.3. The number of rotatable bonds is 5. The van der Waals surface area contributed by atoms with Crippen molar-refractivity contribution in [1.82, 2.24) is 4.57 Å². The van der Waals surface area contributed by atoms with E-state index < -0.39 is 5.97 Å². The van der Waals surface area contributed by atoms with Crippen molar-refractivity contribution < 1.29 is 19.4 Å². The summed E-state index contributed by atoms with van der Waals surface area (Å²) >= 11 is 6.29. The van der Waals surface area contributed by atoms with Crippen LogP contribution in [0.3, 0.4) is 0 Å². The molecule has 0 fully saturated rings. The second-order valence-corrected chi connectivity index (χ2v) is 6.47. The van der Waals surface area contributed by atoms with Gasteiger partial charge in [0.2, 0.25) is 0 Å². The van der Waals surface area contributed by atoms with Gasteiger partial charge in [0, 0.05) is 28.9 Å². The Morgan fingerprint density at radius 1 is 1.15 bits per heavy atom. The minimum absolute atomic E-state index is 0.0857. The third kappa shape index (κ3) is 3.28. The van der Waals surface area contributed by atoms with Gasteiger partial charge in [-0.1, -0.05) is 17.7 Å². The molecule has 26 heavy (non-hydrogen) atoms. The molecule has 1 heterocycles. The second-order valence-electron chi connectivity index (χ2n) is 6.06. The first-order valence-corrected chi connectivity index (χ1v) is 8.58. The number of aromatic nitrogens is 1. The number of carbonyl (C=O) groups excluding carboxylic acids is 1. The fourth-order valence-corrected chi connectivity index (χ4v) is 3.18. The van der Waals surface area contributed by atoms with Crippen molar-refractivity contribution in [2.45, 2.75) is 13.8 Å². The van der Waals surface area contributed by atoms with Crippen LogP contribution in [-0.2, 0) is 9.47 Å². The van der Waals surface area contributed by atoms with Crippen LogP contribution in [0.25, 0.3) is 16.6 Å². The number of phenols is 1. The molecule has 0 saturated carbocycles. The number of hydrogen-bond acceptors (Lipinski definition) is 4. The van der Waals surface area contributed by atoms with Gasteiger partial charge in [0.05, 0.1) is 17.7 Å². The Balaban J connectivity index is 2.19. The number of aryl methyl sites for hydroxylation is 1. The summed E-state index contributed by atoms with van der Waals surface area (Å²) in [6.45, 7) is 4.26. The molecule has 0 aliphatic heterocycles. The Labute approximate surface area is 156 Å². The molecular weight excluding hydrogens is 354 g/mol. The van der Waals surface area contributed by atoms with E-state index in [1.807, 2.05) is 36.6 Å². The predicted molar refractivity (Wildman–Crippen MR) is 102 cm³/mol. The quantitative estimate of drug-likeness (QED) is 0.531. The molecule has 3 rings (SSSR count). The molecule has 0 aliphatic rings. The summed E-state index contributed by atoms with van der Waals surface area (Å²) in [4.78, 5) is 12.6. The molecule has 0 saturated heterocycles. The largest absolute Gasteiger partial charge is 0.508 e. The highest BCUT2D eigenvalue weighted by atomic mass is 35.5. The maximum atomic E-state index is 12.6. The number of fused-ring (bicyclic) bond motifs is 1. The molecule has 1 N–H and O–H groups in total. The zero-order valence-corrected chi connectivity index (χ0v) is 15.6. The van der Waals surface area contributed by atoms with Crippen LogP contribution in [0.1, 0.15) is 21.6 Å². The highest BCUT2D eigenvalue weighted by Gasteiger charge is 2.22. The van der Waals surface area contributed by atoms with Crippen molar-refractivity contribution >= 4 is 28.5 Å². The lowest BCUT2D eigenvalue weighted by atomic mass is 10.1. The van der Waals surface area contributed by atoms with E-state index in [9.17, 15) is 9.90 Å². The van der Waals surface area contributed by atoms with Crippen LogP contribution >= 0.6 is 11.6 Å². The number of carbonyl (C=O) groups is 1. The van der Waals surface area contributed by atoms with Gasteiger partial charge in [0.15, 0.2) is 0 Å². The molecule has 0 amide bonds. The lowest BCUT2D eigenvalue weighted by Crippen LogP contribution is -2.11. The maximum absolute atomic E-state index is 12.6. The Bertz CT molecular complexity index is 978. The minimum atomic E-state index is -0.452. The number of methoxy groups -OCH3 is 1.